The van der Waals surface area contributed by atoms with Gasteiger partial charge in [0, 0.05) is 71.2 Å². The Morgan fingerprint density at radius 3 is 1.26 bits per heavy atom. The zero-order valence-electron chi connectivity index (χ0n) is 55.7. The molecule has 28 heteroatoms. The predicted molar refractivity (Wildman–Crippen MR) is 355 cm³/mol. The standard InChI is InChI=1S/C22H24F3NO2.C12H17NO.C10H10F3NO2.C10H7F3O.C8H5F3O2.C4H8O.C3H8O.C2H3.BrH.ClH.Mg/c1-21(28-17-7-3-2-4-8-17)12-15-26(16-13-21)14-11-20(27)18-9-5-6-10-19(18)22(23,24)25;1-12(7-9-13-10-8-12)14-11-5-3-2-4-6-11;1-14(16-2)9(15)7-5-3-4-6-8(7)10(11,12)13;1-2-9(14)7-5-3-4-6-8(7)10(11,12)13;9-8(10,11)6-4-2-1-3-5(6)7(12)13;1-2-4-5-3-1;1-3-4-2;1-2;;;/h2-10H,11-16H2,1H3;2-6,13H,7-10H2,1H3;3-6H,1-2H3;2-6H,1H2;1-4H,(H,12,13);1-4H2;3H2,1-2H3;1H,2H2;2*1H;/q;;;;;;;-1;;;+2/p-1. The first-order valence-electron chi connectivity index (χ1n) is 30.0. The number of nitrogens with zero attached hydrogens (tertiary/aromatic N) is 2. The van der Waals surface area contributed by atoms with Gasteiger partial charge in [-0.25, -0.2) is 9.86 Å². The first-order valence-corrected chi connectivity index (χ1v) is 30.0. The minimum atomic E-state index is -4.62. The molecule has 13 nitrogen and oxygen atoms in total. The molecule has 9 rings (SSSR count). The van der Waals surface area contributed by atoms with Crippen LogP contribution >= 0.6 is 12.4 Å². The Morgan fingerprint density at radius 2 is 0.919 bits per heavy atom. The van der Waals surface area contributed by atoms with Gasteiger partial charge in [-0.05, 0) is 139 Å². The molecule has 99 heavy (non-hydrogen) atoms. The van der Waals surface area contributed by atoms with Crippen LogP contribution in [-0.4, -0.2) is 147 Å². The topological polar surface area (TPSA) is 153 Å². The molecule has 6 aromatic carbocycles. The van der Waals surface area contributed by atoms with Crippen molar-refractivity contribution in [3.05, 3.63) is 228 Å². The number of amides is 1. The van der Waals surface area contributed by atoms with Crippen molar-refractivity contribution in [1.29, 1.82) is 0 Å². The number of methoxy groups -OCH3 is 1. The first kappa shape index (κ1) is 94.2. The average molecular weight is 1510 g/mol. The molecule has 3 heterocycles. The third-order valence-corrected chi connectivity index (χ3v) is 14.3. The van der Waals surface area contributed by atoms with Crippen LogP contribution < -0.4 is 31.8 Å². The van der Waals surface area contributed by atoms with Crippen LogP contribution in [0.25, 0.3) is 0 Å². The summed E-state index contributed by atoms with van der Waals surface area (Å²) in [5.74, 6) is -1.79. The van der Waals surface area contributed by atoms with Crippen molar-refractivity contribution in [1.82, 2.24) is 15.3 Å². The third kappa shape index (κ3) is 34.9. The molecule has 0 spiro atoms. The van der Waals surface area contributed by atoms with E-state index in [1.165, 1.54) is 75.5 Å². The number of carbonyl (C=O) groups is 4. The number of alkyl halides is 12. The van der Waals surface area contributed by atoms with Crippen LogP contribution in [0.1, 0.15) is 129 Å². The number of hydrogen-bond donors (Lipinski definition) is 2. The Hall–Kier alpha value is -6.82. The van der Waals surface area contributed by atoms with Gasteiger partial charge >= 0.3 is 53.7 Å². The zero-order valence-corrected chi connectivity index (χ0v) is 59.5. The van der Waals surface area contributed by atoms with Gasteiger partial charge in [0.25, 0.3) is 5.91 Å². The van der Waals surface area contributed by atoms with Gasteiger partial charge in [-0.2, -0.15) is 52.7 Å². The predicted octanol–water partition coefficient (Wildman–Crippen LogP) is 14.3. The Balaban J connectivity index is 0. The van der Waals surface area contributed by atoms with Crippen LogP contribution in [0, 0.1) is 6.58 Å². The summed E-state index contributed by atoms with van der Waals surface area (Å²) in [7, 11) is 4.13. The van der Waals surface area contributed by atoms with Gasteiger partial charge in [-0.15, -0.1) is 12.4 Å². The number of carbonyl (C=O) groups excluding carboxylic acids is 3. The van der Waals surface area contributed by atoms with E-state index in [0.717, 1.165) is 143 Å². The number of para-hydroxylation sites is 2. The fourth-order valence-electron chi connectivity index (χ4n) is 8.97. The normalized spacial score (nSPS) is 14.2. The Kier molecular flexibility index (Phi) is 45.0. The van der Waals surface area contributed by atoms with Crippen LogP contribution in [0.15, 0.2) is 177 Å². The fourth-order valence-corrected chi connectivity index (χ4v) is 8.97. The molecule has 1 amide bonds. The Labute approximate surface area is 603 Å². The van der Waals surface area contributed by atoms with E-state index in [1.807, 2.05) is 67.6 Å². The number of nitrogens with one attached hydrogen (secondary N) is 1. The summed E-state index contributed by atoms with van der Waals surface area (Å²) in [6, 6.07) is 38.0. The minimum absolute atomic E-state index is 0. The monoisotopic (exact) mass is 1500 g/mol. The molecule has 2 N–H and O–H groups in total. The summed E-state index contributed by atoms with van der Waals surface area (Å²) in [6.07, 6.45) is -10.9. The molecule has 0 atom stereocenters. The van der Waals surface area contributed by atoms with Gasteiger partial charge in [-0.1, -0.05) is 104 Å². The van der Waals surface area contributed by atoms with E-state index in [4.69, 9.17) is 19.3 Å². The molecule has 0 saturated carbocycles. The second-order valence-electron chi connectivity index (χ2n) is 21.4. The number of carboxylic acid groups (broad SMARTS) is 1. The van der Waals surface area contributed by atoms with Crippen molar-refractivity contribution in [3.63, 3.8) is 0 Å². The number of Topliss-reactive ketones (excluding diaryl/α,β-unsaturated/α-hetero) is 1. The molecule has 0 aliphatic carbocycles. The number of ether oxygens (including phenoxy) is 4. The average Bonchev–Trinajstić information content (AvgIpc) is 1.23. The van der Waals surface area contributed by atoms with Crippen molar-refractivity contribution in [2.75, 3.05) is 73.8 Å². The second-order valence-corrected chi connectivity index (χ2v) is 21.4. The summed E-state index contributed by atoms with van der Waals surface area (Å²) in [5, 5.41) is 12.5. The number of allylic oxidation sites excluding steroid dienone is 1. The number of rotatable bonds is 14. The van der Waals surface area contributed by atoms with Crippen molar-refractivity contribution in [2.45, 2.75) is 102 Å². The van der Waals surface area contributed by atoms with Crippen molar-refractivity contribution in [3.8, 4) is 11.5 Å². The molecule has 3 fully saturated rings. The van der Waals surface area contributed by atoms with E-state index in [-0.39, 0.29) is 81.2 Å². The number of halogens is 14. The van der Waals surface area contributed by atoms with Crippen LogP contribution in [0.5, 0.6) is 11.5 Å². The molecular formula is C71H83BrClF12MgN3O10. The van der Waals surface area contributed by atoms with Crippen LogP contribution in [0.3, 0.4) is 0 Å². The number of benzene rings is 6. The number of ketones is 2. The summed E-state index contributed by atoms with van der Waals surface area (Å²) in [4.78, 5) is 52.0. The van der Waals surface area contributed by atoms with Crippen LogP contribution in [0.4, 0.5) is 52.7 Å². The summed E-state index contributed by atoms with van der Waals surface area (Å²) in [6.45, 7) is 23.3. The SMILES string of the molecule is C1CCOC1.C=CC(=O)c1ccccc1C(F)(F)F.CC1(Oc2ccccc2)CCN(CCC(=O)c2ccccc2C(F)(F)F)CC1.CC1(Oc2ccccc2)CCNCC1.CCOC.CON(C)C(=O)c1ccccc1C(F)(F)F.Cl.O=C(O)c1ccccc1C(F)(F)F.[Br-].[CH-]=C.[Mg+2]. The van der Waals surface area contributed by atoms with E-state index >= 15 is 0 Å². The number of piperidine rings is 2. The van der Waals surface area contributed by atoms with Gasteiger partial charge < -0.3 is 57.8 Å². The van der Waals surface area contributed by atoms with E-state index in [2.05, 4.69) is 53.4 Å². The molecule has 3 aliphatic rings. The molecule has 0 radical (unpaired) electrons. The summed E-state index contributed by atoms with van der Waals surface area (Å²) < 4.78 is 172. The molecule has 542 valence electrons. The number of aromatic carboxylic acids is 1. The first-order chi connectivity index (χ1) is 45.2. The molecule has 0 unspecified atom stereocenters. The molecule has 3 aliphatic heterocycles. The van der Waals surface area contributed by atoms with Gasteiger partial charge in [-0.3, -0.25) is 25.8 Å². The number of likely N-dealkylation sites (tertiary alicyclic amines) is 1. The summed E-state index contributed by atoms with van der Waals surface area (Å²) >= 11 is 0. The van der Waals surface area contributed by atoms with E-state index in [1.54, 1.807) is 7.11 Å². The fraction of sp³-hybridized carbons (Fsp3) is 0.380. The van der Waals surface area contributed by atoms with Gasteiger partial charge in [0.1, 0.15) is 22.7 Å². The molecule has 0 aromatic heterocycles. The maximum atomic E-state index is 13.1. The van der Waals surface area contributed by atoms with Crippen molar-refractivity contribution >= 4 is 58.9 Å². The zero-order chi connectivity index (χ0) is 72.2. The van der Waals surface area contributed by atoms with Crippen molar-refractivity contribution in [2.24, 2.45) is 0 Å². The smallest absolute Gasteiger partial charge is 1.00 e. The Bertz CT molecular complexity index is 3270. The third-order valence-electron chi connectivity index (χ3n) is 14.3. The van der Waals surface area contributed by atoms with E-state index in [0.29, 0.717) is 6.54 Å². The minimum Gasteiger partial charge on any atom is -1.00 e. The van der Waals surface area contributed by atoms with Crippen LogP contribution in [0.2, 0.25) is 0 Å². The van der Waals surface area contributed by atoms with Gasteiger partial charge in [0.15, 0.2) is 11.6 Å². The van der Waals surface area contributed by atoms with E-state index in [9.17, 15) is 71.9 Å². The maximum Gasteiger partial charge on any atom is 2.00 e. The van der Waals surface area contributed by atoms with Crippen LogP contribution in [-0.2, 0) is 39.0 Å². The quantitative estimate of drug-likeness (QED) is 0.0266. The van der Waals surface area contributed by atoms with E-state index < -0.39 is 81.5 Å². The number of hydrogen-bond acceptors (Lipinski definition) is 11. The number of carboxylic acids is 1. The molecular weight excluding hydrogens is 1420 g/mol. The molecule has 3 saturated heterocycles. The molecule has 0 bridgehead atoms. The summed E-state index contributed by atoms with van der Waals surface area (Å²) in [5.41, 5.74) is -5.90. The maximum absolute atomic E-state index is 13.1. The molecule has 6 aromatic rings. The second kappa shape index (κ2) is 47.3. The van der Waals surface area contributed by atoms with Crippen molar-refractivity contribution < 1.29 is 118 Å². The number of hydroxylamine groups is 2. The van der Waals surface area contributed by atoms with Gasteiger partial charge in [0.2, 0.25) is 0 Å². The largest absolute Gasteiger partial charge is 2.00 e. The van der Waals surface area contributed by atoms with Gasteiger partial charge in [0.05, 0.1) is 40.5 Å². The Morgan fingerprint density at radius 1 is 0.586 bits per heavy atom.